The Hall–Kier alpha value is -2.49. The van der Waals surface area contributed by atoms with Crippen LogP contribution in [0.4, 0.5) is 11.4 Å². The van der Waals surface area contributed by atoms with E-state index in [1.165, 1.54) is 0 Å². The van der Waals surface area contributed by atoms with Crippen LogP contribution in [0.5, 0.6) is 5.75 Å². The Labute approximate surface area is 144 Å². The quantitative estimate of drug-likeness (QED) is 0.786. The number of para-hydroxylation sites is 1. The molecule has 128 valence electrons. The lowest BCUT2D eigenvalue weighted by Gasteiger charge is -2.13. The van der Waals surface area contributed by atoms with E-state index in [1.807, 2.05) is 70.2 Å². The highest BCUT2D eigenvalue weighted by atomic mass is 16.5. The molecule has 0 fully saturated rings. The molecule has 0 spiro atoms. The minimum absolute atomic E-state index is 0.0136. The van der Waals surface area contributed by atoms with Crippen molar-refractivity contribution in [3.8, 4) is 5.75 Å². The summed E-state index contributed by atoms with van der Waals surface area (Å²) in [6, 6.07) is 13.8. The fourth-order valence-corrected chi connectivity index (χ4v) is 2.46. The van der Waals surface area contributed by atoms with Crippen molar-refractivity contribution >= 4 is 17.3 Å². The lowest BCUT2D eigenvalue weighted by Crippen LogP contribution is -2.17. The van der Waals surface area contributed by atoms with Gasteiger partial charge in [0.25, 0.3) is 0 Å². The van der Waals surface area contributed by atoms with E-state index < -0.39 is 0 Å². The summed E-state index contributed by atoms with van der Waals surface area (Å²) >= 11 is 0. The van der Waals surface area contributed by atoms with Crippen molar-refractivity contribution in [2.45, 2.75) is 40.2 Å². The lowest BCUT2D eigenvalue weighted by molar-refractivity contribution is -0.115. The minimum atomic E-state index is 0.0136. The zero-order valence-electron chi connectivity index (χ0n) is 14.8. The summed E-state index contributed by atoms with van der Waals surface area (Å²) in [5.74, 6) is 0.864. The van der Waals surface area contributed by atoms with Crippen LogP contribution in [0.2, 0.25) is 0 Å². The van der Waals surface area contributed by atoms with Crippen molar-refractivity contribution in [2.75, 3.05) is 17.2 Å². The Balaban J connectivity index is 1.80. The van der Waals surface area contributed by atoms with E-state index in [0.717, 1.165) is 28.3 Å². The van der Waals surface area contributed by atoms with Crippen molar-refractivity contribution in [2.24, 2.45) is 0 Å². The molecule has 4 nitrogen and oxygen atoms in total. The van der Waals surface area contributed by atoms with Crippen LogP contribution in [0, 0.1) is 13.8 Å². The molecule has 0 bridgehead atoms. The molecule has 0 heterocycles. The van der Waals surface area contributed by atoms with E-state index in [-0.39, 0.29) is 12.0 Å². The van der Waals surface area contributed by atoms with Gasteiger partial charge in [-0.3, -0.25) is 4.79 Å². The van der Waals surface area contributed by atoms with E-state index in [1.54, 1.807) is 0 Å². The zero-order valence-corrected chi connectivity index (χ0v) is 14.8. The second-order valence-electron chi connectivity index (χ2n) is 6.18. The molecule has 2 rings (SSSR count). The monoisotopic (exact) mass is 326 g/mol. The Kier molecular flexibility index (Phi) is 6.24. The van der Waals surface area contributed by atoms with Crippen molar-refractivity contribution in [1.82, 2.24) is 0 Å². The second-order valence-corrected chi connectivity index (χ2v) is 6.18. The molecule has 4 heteroatoms. The molecule has 1 amide bonds. The van der Waals surface area contributed by atoms with E-state index in [9.17, 15) is 4.79 Å². The van der Waals surface area contributed by atoms with Crippen LogP contribution in [-0.4, -0.2) is 18.6 Å². The van der Waals surface area contributed by atoms with E-state index >= 15 is 0 Å². The molecule has 0 unspecified atom stereocenters. The topological polar surface area (TPSA) is 50.4 Å². The van der Waals surface area contributed by atoms with Crippen LogP contribution in [0.25, 0.3) is 0 Å². The van der Waals surface area contributed by atoms with Gasteiger partial charge in [-0.2, -0.15) is 0 Å². The van der Waals surface area contributed by atoms with Gasteiger partial charge in [0.05, 0.1) is 6.10 Å². The van der Waals surface area contributed by atoms with Crippen LogP contribution in [0.1, 0.15) is 31.4 Å². The maximum absolute atomic E-state index is 12.1. The van der Waals surface area contributed by atoms with E-state index in [2.05, 4.69) is 10.6 Å². The summed E-state index contributed by atoms with van der Waals surface area (Å²) < 4.78 is 5.61. The first kappa shape index (κ1) is 17.9. The SMILES string of the molecule is Cc1cccc(C)c1NC(=O)CCNc1ccc(OC(C)C)cc1. The summed E-state index contributed by atoms with van der Waals surface area (Å²) in [6.07, 6.45) is 0.579. The number of hydrogen-bond acceptors (Lipinski definition) is 3. The highest BCUT2D eigenvalue weighted by Crippen LogP contribution is 2.20. The molecule has 0 aliphatic rings. The van der Waals surface area contributed by atoms with Gasteiger partial charge < -0.3 is 15.4 Å². The third-order valence-electron chi connectivity index (χ3n) is 3.65. The third kappa shape index (κ3) is 5.30. The van der Waals surface area contributed by atoms with Gasteiger partial charge in [-0.15, -0.1) is 0 Å². The molecule has 0 saturated heterocycles. The first-order valence-electron chi connectivity index (χ1n) is 8.32. The standard InChI is InChI=1S/C20H26N2O2/c1-14(2)24-18-10-8-17(9-11-18)21-13-12-19(23)22-20-15(3)6-5-7-16(20)4/h5-11,14,21H,12-13H2,1-4H3,(H,22,23). The lowest BCUT2D eigenvalue weighted by atomic mass is 10.1. The van der Waals surface area contributed by atoms with E-state index in [4.69, 9.17) is 4.74 Å². The highest BCUT2D eigenvalue weighted by Gasteiger charge is 2.07. The molecule has 2 N–H and O–H groups in total. The molecule has 0 atom stereocenters. The van der Waals surface area contributed by atoms with Gasteiger partial charge in [-0.1, -0.05) is 18.2 Å². The summed E-state index contributed by atoms with van der Waals surface area (Å²) in [7, 11) is 0. The summed E-state index contributed by atoms with van der Waals surface area (Å²) in [5.41, 5.74) is 4.05. The van der Waals surface area contributed by atoms with Crippen molar-refractivity contribution in [1.29, 1.82) is 0 Å². The normalized spacial score (nSPS) is 10.5. The molecule has 0 aromatic heterocycles. The first-order chi connectivity index (χ1) is 11.5. The van der Waals surface area contributed by atoms with E-state index in [0.29, 0.717) is 13.0 Å². The number of aryl methyl sites for hydroxylation is 2. The molecule has 2 aromatic rings. The molecule has 0 aliphatic heterocycles. The Morgan fingerprint density at radius 1 is 1.04 bits per heavy atom. The summed E-state index contributed by atoms with van der Waals surface area (Å²) in [4.78, 5) is 12.1. The Morgan fingerprint density at radius 2 is 1.67 bits per heavy atom. The average molecular weight is 326 g/mol. The number of ether oxygens (including phenoxy) is 1. The summed E-state index contributed by atoms with van der Waals surface area (Å²) in [6.45, 7) is 8.59. The van der Waals surface area contributed by atoms with Crippen molar-refractivity contribution in [3.63, 3.8) is 0 Å². The van der Waals surface area contributed by atoms with Crippen LogP contribution in [0.15, 0.2) is 42.5 Å². The number of carbonyl (C=O) groups is 1. The number of hydrogen-bond donors (Lipinski definition) is 2. The maximum atomic E-state index is 12.1. The number of anilines is 2. The molecule has 2 aromatic carbocycles. The number of nitrogens with one attached hydrogen (secondary N) is 2. The number of amides is 1. The molecule has 0 radical (unpaired) electrons. The van der Waals surface area contributed by atoms with Crippen LogP contribution in [0.3, 0.4) is 0 Å². The predicted molar refractivity (Wildman–Crippen MR) is 99.9 cm³/mol. The largest absolute Gasteiger partial charge is 0.491 e. The molecular formula is C20H26N2O2. The van der Waals surface area contributed by atoms with Crippen molar-refractivity contribution in [3.05, 3.63) is 53.6 Å². The number of carbonyl (C=O) groups excluding carboxylic acids is 1. The number of benzene rings is 2. The maximum Gasteiger partial charge on any atom is 0.226 e. The Bertz CT molecular complexity index is 658. The van der Waals surface area contributed by atoms with Gasteiger partial charge in [0, 0.05) is 24.3 Å². The van der Waals surface area contributed by atoms with Gasteiger partial charge >= 0.3 is 0 Å². The van der Waals surface area contributed by atoms with Gasteiger partial charge in [0.15, 0.2) is 0 Å². The smallest absolute Gasteiger partial charge is 0.226 e. The zero-order chi connectivity index (χ0) is 17.5. The first-order valence-corrected chi connectivity index (χ1v) is 8.32. The van der Waals surface area contributed by atoms with Gasteiger partial charge in [-0.05, 0) is 63.1 Å². The third-order valence-corrected chi connectivity index (χ3v) is 3.65. The molecular weight excluding hydrogens is 300 g/mol. The summed E-state index contributed by atoms with van der Waals surface area (Å²) in [5, 5.41) is 6.25. The highest BCUT2D eigenvalue weighted by molar-refractivity contribution is 5.92. The number of rotatable bonds is 7. The van der Waals surface area contributed by atoms with Crippen LogP contribution in [-0.2, 0) is 4.79 Å². The Morgan fingerprint density at radius 3 is 2.25 bits per heavy atom. The van der Waals surface area contributed by atoms with Crippen LogP contribution >= 0.6 is 0 Å². The fraction of sp³-hybridized carbons (Fsp3) is 0.350. The van der Waals surface area contributed by atoms with Crippen LogP contribution < -0.4 is 15.4 Å². The van der Waals surface area contributed by atoms with Crippen molar-refractivity contribution < 1.29 is 9.53 Å². The molecule has 0 aliphatic carbocycles. The second kappa shape index (κ2) is 8.39. The van der Waals surface area contributed by atoms with Gasteiger partial charge in [0.1, 0.15) is 5.75 Å². The molecule has 24 heavy (non-hydrogen) atoms. The predicted octanol–water partition coefficient (Wildman–Crippen LogP) is 4.53. The minimum Gasteiger partial charge on any atom is -0.491 e. The van der Waals surface area contributed by atoms with Gasteiger partial charge in [-0.25, -0.2) is 0 Å². The average Bonchev–Trinajstić information content (AvgIpc) is 2.52. The fourth-order valence-electron chi connectivity index (χ4n) is 2.46. The van der Waals surface area contributed by atoms with Gasteiger partial charge in [0.2, 0.25) is 5.91 Å². The molecule has 0 saturated carbocycles.